The maximum absolute atomic E-state index is 11.8. The third-order valence-corrected chi connectivity index (χ3v) is 3.84. The van der Waals surface area contributed by atoms with Crippen molar-refractivity contribution in [1.29, 1.82) is 0 Å². The molecule has 2 rings (SSSR count). The molecule has 0 bridgehead atoms. The first kappa shape index (κ1) is 13.0. The molecule has 1 aliphatic rings. The number of halogens is 2. The van der Waals surface area contributed by atoms with Crippen LogP contribution in [0.15, 0.2) is 15.4 Å². The molecule has 1 N–H and O–H groups in total. The fourth-order valence-electron chi connectivity index (χ4n) is 2.09. The Balaban J connectivity index is 1.93. The van der Waals surface area contributed by atoms with Gasteiger partial charge in [0.05, 0.1) is 6.20 Å². The van der Waals surface area contributed by atoms with Gasteiger partial charge in [-0.1, -0.05) is 12.8 Å². The van der Waals surface area contributed by atoms with Gasteiger partial charge in [0, 0.05) is 6.42 Å². The van der Waals surface area contributed by atoms with Gasteiger partial charge in [0.1, 0.15) is 9.21 Å². The Labute approximate surface area is 117 Å². The molecule has 0 saturated heterocycles. The summed E-state index contributed by atoms with van der Waals surface area (Å²) in [5, 5.41) is 2.78. The van der Waals surface area contributed by atoms with E-state index in [2.05, 4.69) is 47.1 Å². The zero-order chi connectivity index (χ0) is 12.3. The number of hydrogen-bond donors (Lipinski definition) is 1. The van der Waals surface area contributed by atoms with Gasteiger partial charge in [-0.15, -0.1) is 0 Å². The van der Waals surface area contributed by atoms with Crippen LogP contribution in [-0.2, 0) is 4.79 Å². The number of anilines is 1. The maximum Gasteiger partial charge on any atom is 0.225 e. The van der Waals surface area contributed by atoms with Gasteiger partial charge in [-0.05, 0) is 50.6 Å². The number of nitrogens with zero attached hydrogens (tertiary/aromatic N) is 2. The van der Waals surface area contributed by atoms with Crippen molar-refractivity contribution in [3.63, 3.8) is 0 Å². The Bertz CT molecular complexity index is 419. The van der Waals surface area contributed by atoms with Crippen molar-refractivity contribution in [2.45, 2.75) is 32.1 Å². The molecule has 17 heavy (non-hydrogen) atoms. The molecule has 6 heteroatoms. The minimum atomic E-state index is 0.0224. The number of carbonyl (C=O) groups excluding carboxylic acids is 1. The number of rotatable bonds is 3. The monoisotopic (exact) mass is 361 g/mol. The summed E-state index contributed by atoms with van der Waals surface area (Å²) in [6.07, 6.45) is 6.99. The highest BCUT2D eigenvalue weighted by Crippen LogP contribution is 2.28. The third kappa shape index (κ3) is 3.74. The van der Waals surface area contributed by atoms with Crippen LogP contribution in [0.25, 0.3) is 0 Å². The molecule has 0 spiro atoms. The summed E-state index contributed by atoms with van der Waals surface area (Å²) in [5.74, 6) is 1.04. The maximum atomic E-state index is 11.8. The number of amides is 1. The second-order valence-electron chi connectivity index (χ2n) is 4.23. The molecule has 0 atom stereocenters. The van der Waals surface area contributed by atoms with E-state index in [-0.39, 0.29) is 5.91 Å². The average Bonchev–Trinajstić information content (AvgIpc) is 2.75. The van der Waals surface area contributed by atoms with E-state index in [0.717, 1.165) is 0 Å². The second-order valence-corrected chi connectivity index (χ2v) is 5.80. The van der Waals surface area contributed by atoms with Crippen LogP contribution in [0.2, 0.25) is 0 Å². The fourth-order valence-corrected chi connectivity index (χ4v) is 3.00. The lowest BCUT2D eigenvalue weighted by Crippen LogP contribution is -2.16. The van der Waals surface area contributed by atoms with Gasteiger partial charge >= 0.3 is 0 Å². The smallest absolute Gasteiger partial charge is 0.225 e. The van der Waals surface area contributed by atoms with E-state index in [1.165, 1.54) is 25.7 Å². The van der Waals surface area contributed by atoms with Crippen LogP contribution in [0.1, 0.15) is 32.1 Å². The molecular formula is C11H13Br2N3O. The topological polar surface area (TPSA) is 54.9 Å². The highest BCUT2D eigenvalue weighted by molar-refractivity contribution is 9.11. The van der Waals surface area contributed by atoms with E-state index < -0.39 is 0 Å². The van der Waals surface area contributed by atoms with Gasteiger partial charge in [0.25, 0.3) is 0 Å². The van der Waals surface area contributed by atoms with Gasteiger partial charge < -0.3 is 5.32 Å². The predicted molar refractivity (Wildman–Crippen MR) is 72.6 cm³/mol. The van der Waals surface area contributed by atoms with E-state index in [4.69, 9.17) is 0 Å². The van der Waals surface area contributed by atoms with Crippen molar-refractivity contribution in [3.05, 3.63) is 15.4 Å². The van der Waals surface area contributed by atoms with Crippen molar-refractivity contribution in [2.75, 3.05) is 5.32 Å². The molecule has 0 unspecified atom stereocenters. The number of hydrogen-bond acceptors (Lipinski definition) is 3. The van der Waals surface area contributed by atoms with E-state index in [9.17, 15) is 4.79 Å². The zero-order valence-corrected chi connectivity index (χ0v) is 12.4. The van der Waals surface area contributed by atoms with Crippen LogP contribution in [0, 0.1) is 5.92 Å². The molecule has 1 amide bonds. The van der Waals surface area contributed by atoms with E-state index in [0.29, 0.717) is 27.4 Å². The van der Waals surface area contributed by atoms with Crippen LogP contribution >= 0.6 is 31.9 Å². The number of carbonyl (C=O) groups is 1. The van der Waals surface area contributed by atoms with Gasteiger partial charge in [0.15, 0.2) is 5.82 Å². The molecule has 1 fully saturated rings. The van der Waals surface area contributed by atoms with Crippen molar-refractivity contribution >= 4 is 43.6 Å². The van der Waals surface area contributed by atoms with Crippen LogP contribution in [0.4, 0.5) is 5.82 Å². The van der Waals surface area contributed by atoms with Crippen LogP contribution in [0.5, 0.6) is 0 Å². The van der Waals surface area contributed by atoms with E-state index >= 15 is 0 Å². The normalized spacial score (nSPS) is 16.1. The van der Waals surface area contributed by atoms with Crippen molar-refractivity contribution in [2.24, 2.45) is 5.92 Å². The molecule has 1 heterocycles. The van der Waals surface area contributed by atoms with Crippen molar-refractivity contribution in [3.8, 4) is 0 Å². The van der Waals surface area contributed by atoms with E-state index in [1.54, 1.807) is 6.20 Å². The van der Waals surface area contributed by atoms with E-state index in [1.807, 2.05) is 0 Å². The number of aromatic nitrogens is 2. The summed E-state index contributed by atoms with van der Waals surface area (Å²) in [7, 11) is 0. The van der Waals surface area contributed by atoms with Crippen molar-refractivity contribution in [1.82, 2.24) is 9.97 Å². The molecule has 0 aliphatic heterocycles. The predicted octanol–water partition coefficient (Wildman–Crippen LogP) is 3.52. The van der Waals surface area contributed by atoms with Gasteiger partial charge in [-0.25, -0.2) is 9.97 Å². The largest absolute Gasteiger partial charge is 0.308 e. The Morgan fingerprint density at radius 2 is 2.12 bits per heavy atom. The zero-order valence-electron chi connectivity index (χ0n) is 9.25. The number of nitrogens with one attached hydrogen (secondary N) is 1. The van der Waals surface area contributed by atoms with Crippen LogP contribution in [-0.4, -0.2) is 15.9 Å². The summed E-state index contributed by atoms with van der Waals surface area (Å²) in [5.41, 5.74) is 0. The molecule has 92 valence electrons. The minimum absolute atomic E-state index is 0.0224. The SMILES string of the molecule is O=C(CC1CCCC1)Nc1ncc(Br)nc1Br. The first-order chi connectivity index (χ1) is 8.15. The first-order valence-corrected chi connectivity index (χ1v) is 7.21. The van der Waals surface area contributed by atoms with Crippen LogP contribution in [0.3, 0.4) is 0 Å². The molecular weight excluding hydrogens is 350 g/mol. The Kier molecular flexibility index (Phi) is 4.50. The Hall–Kier alpha value is -0.490. The highest BCUT2D eigenvalue weighted by Gasteiger charge is 2.19. The third-order valence-electron chi connectivity index (χ3n) is 2.91. The summed E-state index contributed by atoms with van der Waals surface area (Å²) in [6.45, 7) is 0. The second kappa shape index (κ2) is 5.91. The molecule has 1 aromatic heterocycles. The standard InChI is InChI=1S/C11H13Br2N3O/c12-8-6-14-11(10(13)15-8)16-9(17)5-7-3-1-2-4-7/h6-7H,1-5H2,(H,14,16,17). The minimum Gasteiger partial charge on any atom is -0.308 e. The molecule has 1 aromatic rings. The summed E-state index contributed by atoms with van der Waals surface area (Å²) < 4.78 is 1.19. The van der Waals surface area contributed by atoms with Crippen molar-refractivity contribution < 1.29 is 4.79 Å². The fraction of sp³-hybridized carbons (Fsp3) is 0.545. The molecule has 1 saturated carbocycles. The summed E-state index contributed by atoms with van der Waals surface area (Å²) >= 11 is 6.49. The molecule has 0 radical (unpaired) electrons. The lowest BCUT2D eigenvalue weighted by molar-refractivity contribution is -0.117. The van der Waals surface area contributed by atoms with Gasteiger partial charge in [0.2, 0.25) is 5.91 Å². The molecule has 1 aliphatic carbocycles. The first-order valence-electron chi connectivity index (χ1n) is 5.63. The lowest BCUT2D eigenvalue weighted by atomic mass is 10.0. The Morgan fingerprint density at radius 1 is 1.41 bits per heavy atom. The van der Waals surface area contributed by atoms with Gasteiger partial charge in [-0.2, -0.15) is 0 Å². The van der Waals surface area contributed by atoms with Gasteiger partial charge in [-0.3, -0.25) is 4.79 Å². The average molecular weight is 363 g/mol. The summed E-state index contributed by atoms with van der Waals surface area (Å²) in [6, 6.07) is 0. The Morgan fingerprint density at radius 3 is 2.76 bits per heavy atom. The van der Waals surface area contributed by atoms with Crippen LogP contribution < -0.4 is 5.32 Å². The molecule has 0 aromatic carbocycles. The summed E-state index contributed by atoms with van der Waals surface area (Å²) in [4.78, 5) is 20.0. The molecule has 4 nitrogen and oxygen atoms in total. The lowest BCUT2D eigenvalue weighted by Gasteiger charge is -2.09. The highest BCUT2D eigenvalue weighted by atomic mass is 79.9. The quantitative estimate of drug-likeness (QED) is 0.894.